The normalized spacial score (nSPS) is 14.8. The van der Waals surface area contributed by atoms with Gasteiger partial charge < -0.3 is 10.2 Å². The van der Waals surface area contributed by atoms with Gasteiger partial charge in [-0.1, -0.05) is 46.8 Å². The third-order valence-corrected chi connectivity index (χ3v) is 7.75. The fourth-order valence-corrected chi connectivity index (χ4v) is 5.82. The number of piperazine rings is 1. The van der Waals surface area contributed by atoms with E-state index in [9.17, 15) is 9.18 Å². The number of para-hydroxylation sites is 1. The number of aromatic nitrogens is 2. The largest absolute Gasteiger partial charge is 0.339 e. The molecule has 1 aromatic carbocycles. The van der Waals surface area contributed by atoms with Crippen molar-refractivity contribution in [2.24, 2.45) is 0 Å². The minimum Gasteiger partial charge on any atom is -0.339 e. The van der Waals surface area contributed by atoms with Gasteiger partial charge in [-0.05, 0) is 24.3 Å². The molecular formula is C19H19ClFN5OS3. The van der Waals surface area contributed by atoms with Gasteiger partial charge in [0, 0.05) is 37.6 Å². The lowest BCUT2D eigenvalue weighted by Gasteiger charge is -2.34. The van der Waals surface area contributed by atoms with Crippen molar-refractivity contribution >= 4 is 62.8 Å². The number of carbonyl (C=O) groups excluding carboxylic acids is 1. The van der Waals surface area contributed by atoms with Gasteiger partial charge in [-0.2, -0.15) is 0 Å². The maximum atomic E-state index is 13.7. The number of thioether (sulfide) groups is 1. The first kappa shape index (κ1) is 21.5. The van der Waals surface area contributed by atoms with Gasteiger partial charge in [0.05, 0.1) is 15.8 Å². The Morgan fingerprint density at radius 3 is 2.67 bits per heavy atom. The Kier molecular flexibility index (Phi) is 7.21. The van der Waals surface area contributed by atoms with Crippen LogP contribution in [0.5, 0.6) is 0 Å². The fourth-order valence-electron chi connectivity index (χ4n) is 3.02. The van der Waals surface area contributed by atoms with Gasteiger partial charge in [-0.3, -0.25) is 9.69 Å². The van der Waals surface area contributed by atoms with E-state index < -0.39 is 0 Å². The highest BCUT2D eigenvalue weighted by Crippen LogP contribution is 2.29. The summed E-state index contributed by atoms with van der Waals surface area (Å²) >= 11 is 10.3. The average Bonchev–Trinajstić information content (AvgIpc) is 3.37. The van der Waals surface area contributed by atoms with Crippen LogP contribution < -0.4 is 5.32 Å². The summed E-state index contributed by atoms with van der Waals surface area (Å²) in [5, 5.41) is 11.5. The lowest BCUT2D eigenvalue weighted by atomic mass is 10.3. The summed E-state index contributed by atoms with van der Waals surface area (Å²) < 4.78 is 15.2. The highest BCUT2D eigenvalue weighted by Gasteiger charge is 2.22. The Bertz CT molecular complexity index is 1010. The molecule has 1 aliphatic heterocycles. The second kappa shape index (κ2) is 10.1. The number of nitrogens with one attached hydrogen (secondary N) is 1. The summed E-state index contributed by atoms with van der Waals surface area (Å²) in [6.07, 6.45) is 0. The van der Waals surface area contributed by atoms with E-state index >= 15 is 0 Å². The van der Waals surface area contributed by atoms with E-state index in [1.807, 2.05) is 11.0 Å². The maximum Gasteiger partial charge on any atom is 0.233 e. The molecule has 6 nitrogen and oxygen atoms in total. The van der Waals surface area contributed by atoms with Gasteiger partial charge in [0.1, 0.15) is 5.82 Å². The van der Waals surface area contributed by atoms with Crippen LogP contribution in [0.3, 0.4) is 0 Å². The van der Waals surface area contributed by atoms with Gasteiger partial charge >= 0.3 is 0 Å². The monoisotopic (exact) mass is 483 g/mol. The van der Waals surface area contributed by atoms with Crippen molar-refractivity contribution in [3.05, 3.63) is 51.4 Å². The molecule has 0 saturated carbocycles. The minimum atomic E-state index is -0.349. The van der Waals surface area contributed by atoms with Crippen LogP contribution >= 0.6 is 46.0 Å². The molecule has 158 valence electrons. The minimum absolute atomic E-state index is 0.0950. The number of rotatable bonds is 7. The molecule has 1 aliphatic rings. The van der Waals surface area contributed by atoms with Crippen molar-refractivity contribution < 1.29 is 9.18 Å². The van der Waals surface area contributed by atoms with E-state index in [0.29, 0.717) is 34.0 Å². The molecule has 11 heteroatoms. The molecule has 4 rings (SSSR count). The van der Waals surface area contributed by atoms with Crippen molar-refractivity contribution in [2.45, 2.75) is 10.9 Å². The Balaban J connectivity index is 1.22. The number of hydrogen-bond acceptors (Lipinski definition) is 8. The van der Waals surface area contributed by atoms with Gasteiger partial charge in [0.25, 0.3) is 0 Å². The lowest BCUT2D eigenvalue weighted by Crippen LogP contribution is -2.48. The molecule has 0 atom stereocenters. The van der Waals surface area contributed by atoms with E-state index in [1.54, 1.807) is 29.5 Å². The quantitative estimate of drug-likeness (QED) is 0.496. The molecule has 0 spiro atoms. The van der Waals surface area contributed by atoms with Crippen molar-refractivity contribution in [3.63, 3.8) is 0 Å². The van der Waals surface area contributed by atoms with E-state index in [-0.39, 0.29) is 11.7 Å². The molecule has 0 aliphatic carbocycles. The molecule has 3 aromatic rings. The zero-order valence-electron chi connectivity index (χ0n) is 15.9. The molecule has 0 unspecified atom stereocenters. The second-order valence-electron chi connectivity index (χ2n) is 6.63. The molecule has 1 saturated heterocycles. The molecule has 0 radical (unpaired) electrons. The van der Waals surface area contributed by atoms with Crippen molar-refractivity contribution in [2.75, 3.05) is 37.2 Å². The predicted octanol–water partition coefficient (Wildman–Crippen LogP) is 4.57. The predicted molar refractivity (Wildman–Crippen MR) is 122 cm³/mol. The van der Waals surface area contributed by atoms with Crippen LogP contribution in [0, 0.1) is 5.82 Å². The smallest absolute Gasteiger partial charge is 0.233 e. The van der Waals surface area contributed by atoms with Crippen LogP contribution in [0.1, 0.15) is 4.88 Å². The van der Waals surface area contributed by atoms with Gasteiger partial charge in [-0.25, -0.2) is 4.39 Å². The second-order valence-corrected chi connectivity index (χ2v) is 10.6. The molecule has 2 aromatic heterocycles. The number of carbonyl (C=O) groups is 1. The standard InChI is InChI=1S/C19H19ClFN5OS3/c20-16-6-5-13(29-16)11-25-7-9-26(10-8-25)17(27)12-28-19-24-23-18(30-19)22-15-4-2-1-3-14(15)21/h1-6H,7-12H2,(H,22,23). The Morgan fingerprint density at radius 1 is 1.13 bits per heavy atom. The van der Waals surface area contributed by atoms with E-state index in [1.165, 1.54) is 34.0 Å². The topological polar surface area (TPSA) is 61.4 Å². The molecular weight excluding hydrogens is 465 g/mol. The van der Waals surface area contributed by atoms with Crippen molar-refractivity contribution in [1.82, 2.24) is 20.0 Å². The number of anilines is 2. The van der Waals surface area contributed by atoms with Crippen LogP contribution in [0.2, 0.25) is 4.34 Å². The molecule has 1 fully saturated rings. The summed E-state index contributed by atoms with van der Waals surface area (Å²) in [4.78, 5) is 18.0. The molecule has 30 heavy (non-hydrogen) atoms. The Hall–Kier alpha value is -1.72. The number of benzene rings is 1. The van der Waals surface area contributed by atoms with E-state index in [2.05, 4.69) is 26.5 Å². The van der Waals surface area contributed by atoms with Crippen LogP contribution in [-0.2, 0) is 11.3 Å². The summed E-state index contributed by atoms with van der Waals surface area (Å²) in [7, 11) is 0. The van der Waals surface area contributed by atoms with Gasteiger partial charge in [0.15, 0.2) is 4.34 Å². The average molecular weight is 484 g/mol. The lowest BCUT2D eigenvalue weighted by molar-refractivity contribution is -0.130. The highest BCUT2D eigenvalue weighted by atomic mass is 35.5. The molecule has 3 heterocycles. The fraction of sp³-hybridized carbons (Fsp3) is 0.316. The van der Waals surface area contributed by atoms with E-state index in [0.717, 1.165) is 24.0 Å². The van der Waals surface area contributed by atoms with Crippen molar-refractivity contribution in [1.29, 1.82) is 0 Å². The van der Waals surface area contributed by atoms with Crippen LogP contribution in [0.15, 0.2) is 40.7 Å². The van der Waals surface area contributed by atoms with Crippen molar-refractivity contribution in [3.8, 4) is 0 Å². The third-order valence-electron chi connectivity index (χ3n) is 4.57. The summed E-state index contributed by atoms with van der Waals surface area (Å²) in [6, 6.07) is 10.4. The summed E-state index contributed by atoms with van der Waals surface area (Å²) in [5.41, 5.74) is 0.351. The SMILES string of the molecule is O=C(CSc1nnc(Nc2ccccc2F)s1)N1CCN(Cc2ccc(Cl)s2)CC1. The maximum absolute atomic E-state index is 13.7. The summed E-state index contributed by atoms with van der Waals surface area (Å²) in [5.74, 6) is 0.0607. The van der Waals surface area contributed by atoms with Crippen LogP contribution in [0.4, 0.5) is 15.2 Å². The Labute approximate surface area is 191 Å². The molecule has 1 N–H and O–H groups in total. The number of nitrogens with zero attached hydrogens (tertiary/aromatic N) is 4. The summed E-state index contributed by atoms with van der Waals surface area (Å²) in [6.45, 7) is 4.00. The number of amides is 1. The highest BCUT2D eigenvalue weighted by molar-refractivity contribution is 8.01. The zero-order valence-corrected chi connectivity index (χ0v) is 19.1. The first-order chi connectivity index (χ1) is 14.6. The third kappa shape index (κ3) is 5.70. The Morgan fingerprint density at radius 2 is 1.93 bits per heavy atom. The number of hydrogen-bond donors (Lipinski definition) is 1. The molecule has 0 bridgehead atoms. The van der Waals surface area contributed by atoms with Gasteiger partial charge in [-0.15, -0.1) is 21.5 Å². The number of thiophene rings is 1. The van der Waals surface area contributed by atoms with Crippen LogP contribution in [-0.4, -0.2) is 57.8 Å². The first-order valence-electron chi connectivity index (χ1n) is 9.29. The number of halogens is 2. The zero-order chi connectivity index (χ0) is 20.9. The first-order valence-corrected chi connectivity index (χ1v) is 12.3. The van der Waals surface area contributed by atoms with Crippen LogP contribution in [0.25, 0.3) is 0 Å². The van der Waals surface area contributed by atoms with Gasteiger partial charge in [0.2, 0.25) is 11.0 Å². The molecule has 1 amide bonds. The van der Waals surface area contributed by atoms with E-state index in [4.69, 9.17) is 11.6 Å².